The monoisotopic (exact) mass is 426 g/mol. The van der Waals surface area contributed by atoms with Crippen LogP contribution in [0.15, 0.2) is 67.0 Å². The predicted molar refractivity (Wildman–Crippen MR) is 110 cm³/mol. The number of nitrogen functional groups attached to an aromatic ring is 1. The van der Waals surface area contributed by atoms with Gasteiger partial charge in [0.1, 0.15) is 12.8 Å². The highest BCUT2D eigenvalue weighted by Crippen LogP contribution is 2.35. The smallest absolute Gasteiger partial charge is 0.472 e. The second-order valence-electron chi connectivity index (χ2n) is 6.31. The molecular weight excluding hydrogens is 405 g/mol. The van der Waals surface area contributed by atoms with Gasteiger partial charge >= 0.3 is 7.82 Å². The molecule has 9 heteroatoms. The van der Waals surface area contributed by atoms with Crippen LogP contribution in [0, 0.1) is 11.8 Å². The fraction of sp³-hybridized carbons (Fsp3) is 0.143. The van der Waals surface area contributed by atoms with Gasteiger partial charge in [-0.15, -0.1) is 0 Å². The molecule has 2 heterocycles. The predicted octanol–water partition coefficient (Wildman–Crippen LogP) is 2.19. The number of hydrogen-bond acceptors (Lipinski definition) is 5. The van der Waals surface area contributed by atoms with Crippen molar-refractivity contribution in [3.63, 3.8) is 0 Å². The van der Waals surface area contributed by atoms with Crippen molar-refractivity contribution in [2.24, 2.45) is 0 Å². The maximum absolute atomic E-state index is 10.8. The van der Waals surface area contributed by atoms with Gasteiger partial charge in [-0.2, -0.15) is 0 Å². The largest absolute Gasteiger partial charge is 0.473 e. The summed E-state index contributed by atoms with van der Waals surface area (Å²) in [7, 11) is -4.58. The van der Waals surface area contributed by atoms with E-state index in [-0.39, 0.29) is 6.73 Å². The molecule has 0 spiro atoms. The normalized spacial score (nSPS) is 10.9. The van der Waals surface area contributed by atoms with Gasteiger partial charge in [-0.1, -0.05) is 42.2 Å². The topological polar surface area (TPSA) is 119 Å². The SMILES string of the molecule is Nc1ccc(C#CCc2ccc(COc3ccccn3)cc2)c[n+]1COP(=O)(O)O. The van der Waals surface area contributed by atoms with E-state index in [1.54, 1.807) is 24.5 Å². The fourth-order valence-electron chi connectivity index (χ4n) is 2.47. The molecule has 0 unspecified atom stereocenters. The van der Waals surface area contributed by atoms with Crippen LogP contribution in [0.25, 0.3) is 0 Å². The second-order valence-corrected chi connectivity index (χ2v) is 7.55. The molecule has 0 aliphatic rings. The van der Waals surface area contributed by atoms with Crippen LogP contribution in [-0.4, -0.2) is 14.8 Å². The molecule has 3 aromatic rings. The lowest BCUT2D eigenvalue weighted by atomic mass is 10.1. The van der Waals surface area contributed by atoms with Crippen LogP contribution in [0.5, 0.6) is 5.88 Å². The highest BCUT2D eigenvalue weighted by atomic mass is 31.2. The van der Waals surface area contributed by atoms with E-state index in [9.17, 15) is 4.57 Å². The van der Waals surface area contributed by atoms with Crippen molar-refractivity contribution in [2.75, 3.05) is 5.73 Å². The first kappa shape index (κ1) is 21.5. The first-order chi connectivity index (χ1) is 14.4. The van der Waals surface area contributed by atoms with Gasteiger partial charge in [0.15, 0.2) is 0 Å². The van der Waals surface area contributed by atoms with Crippen LogP contribution in [0.1, 0.15) is 16.7 Å². The molecule has 4 N–H and O–H groups in total. The van der Waals surface area contributed by atoms with Crippen molar-refractivity contribution >= 4 is 13.6 Å². The van der Waals surface area contributed by atoms with Crippen LogP contribution < -0.4 is 15.0 Å². The van der Waals surface area contributed by atoms with Crippen molar-refractivity contribution in [2.45, 2.75) is 19.8 Å². The molecule has 0 aliphatic carbocycles. The molecule has 0 fully saturated rings. The maximum Gasteiger partial charge on any atom is 0.472 e. The average Bonchev–Trinajstić information content (AvgIpc) is 2.73. The number of benzene rings is 1. The van der Waals surface area contributed by atoms with E-state index in [2.05, 4.69) is 21.3 Å². The minimum atomic E-state index is -4.58. The Labute approximate surface area is 174 Å². The minimum absolute atomic E-state index is 0.303. The van der Waals surface area contributed by atoms with E-state index in [4.69, 9.17) is 20.3 Å². The van der Waals surface area contributed by atoms with Gasteiger partial charge in [0.05, 0.1) is 5.56 Å². The molecule has 2 aromatic heterocycles. The highest BCUT2D eigenvalue weighted by molar-refractivity contribution is 7.46. The van der Waals surface area contributed by atoms with Gasteiger partial charge in [-0.05, 0) is 23.3 Å². The van der Waals surface area contributed by atoms with Crippen molar-refractivity contribution < 1.29 is 28.2 Å². The summed E-state index contributed by atoms with van der Waals surface area (Å²) in [6, 6.07) is 16.8. The summed E-state index contributed by atoms with van der Waals surface area (Å²) in [5.74, 6) is 6.97. The summed E-state index contributed by atoms with van der Waals surface area (Å²) in [6.07, 6.45) is 3.81. The number of phosphoric ester groups is 1. The Hall–Kier alpha value is -3.21. The van der Waals surface area contributed by atoms with Crippen LogP contribution in [0.2, 0.25) is 0 Å². The third-order valence-electron chi connectivity index (χ3n) is 4.00. The Morgan fingerprint density at radius 1 is 1.07 bits per heavy atom. The molecule has 30 heavy (non-hydrogen) atoms. The van der Waals surface area contributed by atoms with E-state index in [1.807, 2.05) is 42.5 Å². The van der Waals surface area contributed by atoms with Gasteiger partial charge in [0.2, 0.25) is 12.6 Å². The van der Waals surface area contributed by atoms with E-state index >= 15 is 0 Å². The Morgan fingerprint density at radius 3 is 2.53 bits per heavy atom. The minimum Gasteiger partial charge on any atom is -0.473 e. The third kappa shape index (κ3) is 6.99. The zero-order valence-corrected chi connectivity index (χ0v) is 16.9. The molecule has 0 amide bonds. The molecule has 8 nitrogen and oxygen atoms in total. The Bertz CT molecular complexity index is 1090. The van der Waals surface area contributed by atoms with Gasteiger partial charge < -0.3 is 14.5 Å². The van der Waals surface area contributed by atoms with Gasteiger partial charge in [-0.3, -0.25) is 5.73 Å². The van der Waals surface area contributed by atoms with Crippen molar-refractivity contribution in [1.29, 1.82) is 0 Å². The van der Waals surface area contributed by atoms with Gasteiger partial charge in [0, 0.05) is 24.8 Å². The highest BCUT2D eigenvalue weighted by Gasteiger charge is 2.16. The van der Waals surface area contributed by atoms with Crippen molar-refractivity contribution in [3.05, 3.63) is 83.7 Å². The second kappa shape index (κ2) is 10.0. The Morgan fingerprint density at radius 2 is 1.83 bits per heavy atom. The fourth-order valence-corrected chi connectivity index (χ4v) is 2.75. The van der Waals surface area contributed by atoms with E-state index in [0.29, 0.717) is 30.3 Å². The van der Waals surface area contributed by atoms with E-state index in [0.717, 1.165) is 11.1 Å². The quantitative estimate of drug-likeness (QED) is 0.301. The summed E-state index contributed by atoms with van der Waals surface area (Å²) in [5.41, 5.74) is 8.52. The molecule has 1 aromatic carbocycles. The molecule has 0 saturated heterocycles. The standard InChI is InChI=1S/C21H20N3O5P/c22-20-12-11-18(14-24(20)16-29-30(25,26)27)5-3-4-17-7-9-19(10-8-17)15-28-21-6-1-2-13-23-21/h1-2,6-14,22H,4,15-16H2,(H2,25,26,27)/p+1. The van der Waals surface area contributed by atoms with Crippen LogP contribution in [0.3, 0.4) is 0 Å². The molecule has 154 valence electrons. The first-order valence-corrected chi connectivity index (χ1v) is 10.5. The number of ether oxygens (including phenoxy) is 1. The lowest BCUT2D eigenvalue weighted by Gasteiger charge is -2.06. The lowest BCUT2D eigenvalue weighted by Crippen LogP contribution is -2.38. The summed E-state index contributed by atoms with van der Waals surface area (Å²) < 4.78 is 22.3. The molecule has 0 saturated carbocycles. The Balaban J connectivity index is 1.56. The van der Waals surface area contributed by atoms with Gasteiger partial charge in [-0.25, -0.2) is 18.6 Å². The van der Waals surface area contributed by atoms with Crippen LogP contribution in [0.4, 0.5) is 5.82 Å². The van der Waals surface area contributed by atoms with Crippen LogP contribution in [-0.2, 0) is 28.8 Å². The molecule has 0 radical (unpaired) electrons. The number of pyridine rings is 2. The number of anilines is 1. The summed E-state index contributed by atoms with van der Waals surface area (Å²) in [5, 5.41) is 0. The number of nitrogens with zero attached hydrogens (tertiary/aromatic N) is 2. The lowest BCUT2D eigenvalue weighted by molar-refractivity contribution is -0.712. The van der Waals surface area contributed by atoms with Crippen molar-refractivity contribution in [1.82, 2.24) is 4.98 Å². The number of phosphoric acid groups is 1. The van der Waals surface area contributed by atoms with Crippen LogP contribution >= 0.6 is 7.82 Å². The Kier molecular flexibility index (Phi) is 7.17. The zero-order chi connectivity index (χ0) is 21.4. The summed E-state index contributed by atoms with van der Waals surface area (Å²) >= 11 is 0. The van der Waals surface area contributed by atoms with E-state index in [1.165, 1.54) is 4.57 Å². The maximum atomic E-state index is 10.8. The van der Waals surface area contributed by atoms with E-state index < -0.39 is 7.82 Å². The third-order valence-corrected chi connectivity index (χ3v) is 4.45. The molecule has 0 atom stereocenters. The molecule has 0 aliphatic heterocycles. The number of aromatic nitrogens is 2. The van der Waals surface area contributed by atoms with Crippen molar-refractivity contribution in [3.8, 4) is 17.7 Å². The zero-order valence-electron chi connectivity index (χ0n) is 16.0. The number of nitrogens with two attached hydrogens (primary N) is 1. The number of rotatable bonds is 7. The van der Waals surface area contributed by atoms with Gasteiger partial charge in [0.25, 0.3) is 5.82 Å². The average molecular weight is 426 g/mol. The number of hydrogen-bond donors (Lipinski definition) is 3. The summed E-state index contributed by atoms with van der Waals surface area (Å²) in [6.45, 7) is 0.0682. The summed E-state index contributed by atoms with van der Waals surface area (Å²) in [4.78, 5) is 21.7. The molecule has 0 bridgehead atoms. The molecular formula is C21H21N3O5P+. The first-order valence-electron chi connectivity index (χ1n) is 8.99. The molecule has 3 rings (SSSR count).